The number of aromatic amines is 1. The van der Waals surface area contributed by atoms with Gasteiger partial charge in [0.1, 0.15) is 24.0 Å². The van der Waals surface area contributed by atoms with Gasteiger partial charge in [-0.2, -0.15) is 10.1 Å². The Morgan fingerprint density at radius 1 is 1.11 bits per heavy atom. The molecule has 2 aromatic carbocycles. The molecule has 36 heavy (non-hydrogen) atoms. The van der Waals surface area contributed by atoms with Gasteiger partial charge >= 0.3 is 0 Å². The number of hydrogen-bond donors (Lipinski definition) is 2. The first-order chi connectivity index (χ1) is 17.3. The van der Waals surface area contributed by atoms with Crippen molar-refractivity contribution in [1.82, 2.24) is 24.7 Å². The molecular weight excluding hydrogens is 463 g/mol. The molecule has 3 heterocycles. The van der Waals surface area contributed by atoms with Crippen molar-refractivity contribution in [3.05, 3.63) is 88.2 Å². The van der Waals surface area contributed by atoms with Gasteiger partial charge in [0.2, 0.25) is 5.88 Å². The van der Waals surface area contributed by atoms with E-state index in [0.29, 0.717) is 33.6 Å². The molecule has 0 atom stereocenters. The fraction of sp³-hybridized carbons (Fsp3) is 0.154. The zero-order valence-corrected chi connectivity index (χ0v) is 19.9. The van der Waals surface area contributed by atoms with Crippen LogP contribution in [-0.4, -0.2) is 43.9 Å². The van der Waals surface area contributed by atoms with E-state index in [1.165, 1.54) is 17.2 Å². The van der Waals surface area contributed by atoms with E-state index in [0.717, 1.165) is 5.69 Å². The van der Waals surface area contributed by atoms with Crippen molar-refractivity contribution in [3.8, 4) is 28.7 Å². The third-order valence-corrected chi connectivity index (χ3v) is 5.73. The third kappa shape index (κ3) is 4.02. The first-order valence-electron chi connectivity index (χ1n) is 11.2. The Kier molecular flexibility index (Phi) is 5.85. The van der Waals surface area contributed by atoms with E-state index in [9.17, 15) is 14.3 Å². The number of aromatic hydroxyl groups is 1. The smallest absolute Gasteiger partial charge is 0.278 e. The number of hydrogen-bond acceptors (Lipinski definition) is 7. The Morgan fingerprint density at radius 3 is 2.53 bits per heavy atom. The van der Waals surface area contributed by atoms with Crippen molar-refractivity contribution >= 4 is 16.7 Å². The molecule has 0 radical (unpaired) electrons. The molecule has 5 rings (SSSR count). The average Bonchev–Trinajstić information content (AvgIpc) is 3.20. The molecule has 10 heteroatoms. The Bertz CT molecular complexity index is 1630. The highest BCUT2D eigenvalue weighted by molar-refractivity contribution is 5.92. The molecule has 182 valence electrons. The van der Waals surface area contributed by atoms with Gasteiger partial charge in [-0.1, -0.05) is 36.4 Å². The number of para-hydroxylation sites is 1. The van der Waals surface area contributed by atoms with Crippen LogP contribution in [0.25, 0.3) is 28.1 Å². The maximum absolute atomic E-state index is 14.4. The maximum Gasteiger partial charge on any atom is 0.278 e. The number of anilines is 1. The highest BCUT2D eigenvalue weighted by Crippen LogP contribution is 2.38. The van der Waals surface area contributed by atoms with E-state index < -0.39 is 17.3 Å². The lowest BCUT2D eigenvalue weighted by Crippen LogP contribution is -2.22. The van der Waals surface area contributed by atoms with E-state index in [1.54, 1.807) is 37.0 Å². The lowest BCUT2D eigenvalue weighted by atomic mass is 10.1. The summed E-state index contributed by atoms with van der Waals surface area (Å²) in [7, 11) is 3.26. The van der Waals surface area contributed by atoms with Crippen LogP contribution in [0.4, 0.5) is 10.1 Å². The Hall–Kier alpha value is -4.73. The second kappa shape index (κ2) is 9.14. The number of halogens is 1. The predicted molar refractivity (Wildman–Crippen MR) is 134 cm³/mol. The van der Waals surface area contributed by atoms with Gasteiger partial charge in [-0.15, -0.1) is 0 Å². The predicted octanol–water partition coefficient (Wildman–Crippen LogP) is 3.97. The molecule has 0 aliphatic rings. The number of rotatable bonds is 6. The number of H-pyrrole nitrogens is 1. The van der Waals surface area contributed by atoms with Crippen molar-refractivity contribution in [1.29, 1.82) is 0 Å². The fourth-order valence-corrected chi connectivity index (χ4v) is 4.04. The van der Waals surface area contributed by atoms with Gasteiger partial charge in [-0.05, 0) is 25.1 Å². The summed E-state index contributed by atoms with van der Waals surface area (Å²) in [5, 5.41) is 15.7. The van der Waals surface area contributed by atoms with Crippen LogP contribution in [0.1, 0.15) is 11.3 Å². The van der Waals surface area contributed by atoms with Crippen LogP contribution in [0.2, 0.25) is 0 Å². The number of pyridine rings is 1. The van der Waals surface area contributed by atoms with Gasteiger partial charge in [0, 0.05) is 25.9 Å². The zero-order valence-electron chi connectivity index (χ0n) is 19.9. The fourth-order valence-electron chi connectivity index (χ4n) is 4.04. The molecule has 0 unspecified atom stereocenters. The van der Waals surface area contributed by atoms with Crippen LogP contribution in [0, 0.1) is 12.7 Å². The summed E-state index contributed by atoms with van der Waals surface area (Å²) in [6.45, 7) is 1.73. The minimum atomic E-state index is -0.528. The summed E-state index contributed by atoms with van der Waals surface area (Å²) < 4.78 is 22.2. The van der Waals surface area contributed by atoms with E-state index >= 15 is 0 Å². The number of benzene rings is 2. The first kappa shape index (κ1) is 23.0. The number of nitrogens with zero attached hydrogens (tertiary/aromatic N) is 5. The summed E-state index contributed by atoms with van der Waals surface area (Å²) >= 11 is 0. The van der Waals surface area contributed by atoms with Crippen LogP contribution in [0.3, 0.4) is 0 Å². The normalized spacial score (nSPS) is 11.1. The molecule has 0 aliphatic heterocycles. The van der Waals surface area contributed by atoms with Crippen LogP contribution in [0.15, 0.2) is 65.6 Å². The number of fused-ring (bicyclic) bond motifs is 1. The minimum Gasteiger partial charge on any atom is -0.492 e. The quantitative estimate of drug-likeness (QED) is 0.374. The molecular formula is C26H23FN6O3. The van der Waals surface area contributed by atoms with Gasteiger partial charge in [-0.25, -0.2) is 14.1 Å². The number of aryl methyl sites for hydroxylation is 1. The van der Waals surface area contributed by atoms with Gasteiger partial charge in [0.05, 0.1) is 22.3 Å². The summed E-state index contributed by atoms with van der Waals surface area (Å²) in [5.74, 6) is -0.466. The lowest BCUT2D eigenvalue weighted by Gasteiger charge is -2.15. The highest BCUT2D eigenvalue weighted by atomic mass is 19.1. The van der Waals surface area contributed by atoms with Gasteiger partial charge in [-0.3, -0.25) is 4.79 Å². The molecule has 5 aromatic rings. The second-order valence-electron chi connectivity index (χ2n) is 8.39. The van der Waals surface area contributed by atoms with Crippen LogP contribution in [0.5, 0.6) is 11.6 Å². The number of aromatic nitrogens is 5. The SMILES string of the molecule is Cc1nn(-c2ccccc2)c2ncc(-c3nc(O)c(N(C)C)c(=O)[nH]3)c(OCc3ccccc3F)c12. The summed E-state index contributed by atoms with van der Waals surface area (Å²) in [4.78, 5) is 25.7. The molecule has 2 N–H and O–H groups in total. The Labute approximate surface area is 205 Å². The third-order valence-electron chi connectivity index (χ3n) is 5.73. The highest BCUT2D eigenvalue weighted by Gasteiger charge is 2.23. The Morgan fingerprint density at radius 2 is 1.83 bits per heavy atom. The van der Waals surface area contributed by atoms with Crippen molar-refractivity contribution in [2.75, 3.05) is 19.0 Å². The summed E-state index contributed by atoms with van der Waals surface area (Å²) in [6.07, 6.45) is 1.49. The van der Waals surface area contributed by atoms with E-state index in [-0.39, 0.29) is 18.1 Å². The van der Waals surface area contributed by atoms with Crippen LogP contribution < -0.4 is 15.2 Å². The molecule has 0 amide bonds. The van der Waals surface area contributed by atoms with Crippen molar-refractivity contribution < 1.29 is 14.2 Å². The first-order valence-corrected chi connectivity index (χ1v) is 11.2. The standard InChI is InChI=1S/C26H23FN6O3/c1-15-20-22(36-14-16-9-7-8-12-19(16)27)18(23-29-25(34)21(32(2)3)26(35)30-23)13-28-24(20)33(31-15)17-10-5-4-6-11-17/h4-13H,14H2,1-3H3,(H2,29,30,34,35). The summed E-state index contributed by atoms with van der Waals surface area (Å²) in [6, 6.07) is 15.8. The maximum atomic E-state index is 14.4. The second-order valence-corrected chi connectivity index (χ2v) is 8.39. The number of ether oxygens (including phenoxy) is 1. The van der Waals surface area contributed by atoms with Crippen LogP contribution >= 0.6 is 0 Å². The number of nitrogens with one attached hydrogen (secondary N) is 1. The topological polar surface area (TPSA) is 109 Å². The molecule has 0 aliphatic carbocycles. The molecule has 0 spiro atoms. The van der Waals surface area contributed by atoms with Gasteiger partial charge in [0.25, 0.3) is 5.56 Å². The van der Waals surface area contributed by atoms with Gasteiger partial charge in [0.15, 0.2) is 11.3 Å². The van der Waals surface area contributed by atoms with Crippen molar-refractivity contribution in [3.63, 3.8) is 0 Å². The lowest BCUT2D eigenvalue weighted by molar-refractivity contribution is 0.304. The van der Waals surface area contributed by atoms with E-state index in [2.05, 4.69) is 20.1 Å². The molecule has 0 saturated carbocycles. The summed E-state index contributed by atoms with van der Waals surface area (Å²) in [5.41, 5.74) is 2.11. The largest absolute Gasteiger partial charge is 0.492 e. The average molecular weight is 487 g/mol. The molecule has 3 aromatic heterocycles. The molecule has 0 saturated heterocycles. The van der Waals surface area contributed by atoms with Crippen LogP contribution in [-0.2, 0) is 6.61 Å². The molecule has 9 nitrogen and oxygen atoms in total. The van der Waals surface area contributed by atoms with Crippen molar-refractivity contribution in [2.45, 2.75) is 13.5 Å². The monoisotopic (exact) mass is 486 g/mol. The Balaban J connectivity index is 1.72. The van der Waals surface area contributed by atoms with E-state index in [4.69, 9.17) is 4.74 Å². The molecule has 0 fully saturated rings. The molecule has 0 bridgehead atoms. The zero-order chi connectivity index (χ0) is 25.4. The van der Waals surface area contributed by atoms with E-state index in [1.807, 2.05) is 37.3 Å². The van der Waals surface area contributed by atoms with Gasteiger partial charge < -0.3 is 19.7 Å². The van der Waals surface area contributed by atoms with Crippen molar-refractivity contribution in [2.24, 2.45) is 0 Å². The minimum absolute atomic E-state index is 0.0229.